The molecule has 1 heterocycles. The molecular weight excluding hydrogens is 393 g/mol. The molecule has 0 aliphatic rings. The Labute approximate surface area is 172 Å². The first-order valence-corrected chi connectivity index (χ1v) is 10.00. The Morgan fingerprint density at radius 3 is 2.31 bits per heavy atom. The predicted molar refractivity (Wildman–Crippen MR) is 111 cm³/mol. The minimum Gasteiger partial charge on any atom is -0.494 e. The highest BCUT2D eigenvalue weighted by molar-refractivity contribution is 7.15. The monoisotopic (exact) mass is 413 g/mol. The Balaban J connectivity index is 1.91. The normalized spacial score (nSPS) is 10.4. The maximum Gasteiger partial charge on any atom is 0.341 e. The van der Waals surface area contributed by atoms with E-state index in [-0.39, 0.29) is 23.9 Å². The number of amides is 1. The number of carbonyl (C=O) groups is 2. The molecule has 1 aromatic heterocycles. The van der Waals surface area contributed by atoms with Gasteiger partial charge in [-0.2, -0.15) is 0 Å². The number of ether oxygens (including phenoxy) is 2. The molecule has 3 rings (SSSR count). The second kappa shape index (κ2) is 9.34. The highest BCUT2D eigenvalue weighted by atomic mass is 32.1. The van der Waals surface area contributed by atoms with E-state index in [1.807, 2.05) is 6.92 Å². The Morgan fingerprint density at radius 2 is 1.69 bits per heavy atom. The van der Waals surface area contributed by atoms with Crippen LogP contribution in [0.1, 0.15) is 34.6 Å². The zero-order valence-electron chi connectivity index (χ0n) is 16.0. The summed E-state index contributed by atoms with van der Waals surface area (Å²) >= 11 is 1.21. The van der Waals surface area contributed by atoms with Gasteiger partial charge in [0.25, 0.3) is 5.91 Å². The summed E-state index contributed by atoms with van der Waals surface area (Å²) < 4.78 is 23.8. The average Bonchev–Trinajstić information content (AvgIpc) is 3.13. The summed E-state index contributed by atoms with van der Waals surface area (Å²) in [5, 5.41) is 4.90. The van der Waals surface area contributed by atoms with Gasteiger partial charge < -0.3 is 14.8 Å². The van der Waals surface area contributed by atoms with Crippen LogP contribution in [-0.2, 0) is 4.74 Å². The molecule has 150 valence electrons. The molecule has 0 aliphatic carbocycles. The molecule has 7 heteroatoms. The number of carbonyl (C=O) groups excluding carboxylic acids is 2. The smallest absolute Gasteiger partial charge is 0.341 e. The first-order chi connectivity index (χ1) is 14.0. The standard InChI is InChI=1S/C22H20FNO4S/c1-3-27-17-11-7-15(8-12-17)20(25)24-21-19(22(26)28-4-2)18(13-29-21)14-5-9-16(23)10-6-14/h5-13H,3-4H2,1-2H3,(H,24,25). The fourth-order valence-corrected chi connectivity index (χ4v) is 3.69. The van der Waals surface area contributed by atoms with Gasteiger partial charge in [-0.1, -0.05) is 12.1 Å². The fraction of sp³-hybridized carbons (Fsp3) is 0.182. The number of esters is 1. The van der Waals surface area contributed by atoms with E-state index in [1.54, 1.807) is 48.7 Å². The van der Waals surface area contributed by atoms with Gasteiger partial charge in [0.05, 0.1) is 13.2 Å². The zero-order chi connectivity index (χ0) is 20.8. The molecule has 0 radical (unpaired) electrons. The van der Waals surface area contributed by atoms with Crippen LogP contribution in [0.25, 0.3) is 11.1 Å². The lowest BCUT2D eigenvalue weighted by molar-refractivity contribution is 0.0529. The van der Waals surface area contributed by atoms with Gasteiger partial charge in [0.2, 0.25) is 0 Å². The Hall–Kier alpha value is -3.19. The fourth-order valence-electron chi connectivity index (χ4n) is 2.74. The van der Waals surface area contributed by atoms with Gasteiger partial charge in [0.15, 0.2) is 0 Å². The molecular formula is C22H20FNO4S. The van der Waals surface area contributed by atoms with E-state index in [0.717, 1.165) is 0 Å². The molecule has 2 aromatic carbocycles. The topological polar surface area (TPSA) is 64.6 Å². The van der Waals surface area contributed by atoms with Gasteiger partial charge in [0.1, 0.15) is 22.1 Å². The molecule has 0 spiro atoms. The van der Waals surface area contributed by atoms with Crippen LogP contribution in [0.5, 0.6) is 5.75 Å². The number of rotatable bonds is 7. The first-order valence-electron chi connectivity index (χ1n) is 9.12. The largest absolute Gasteiger partial charge is 0.494 e. The minimum absolute atomic E-state index is 0.198. The number of hydrogen-bond donors (Lipinski definition) is 1. The van der Waals surface area contributed by atoms with Gasteiger partial charge >= 0.3 is 5.97 Å². The van der Waals surface area contributed by atoms with Crippen molar-refractivity contribution in [3.63, 3.8) is 0 Å². The Kier molecular flexibility index (Phi) is 6.61. The number of nitrogens with one attached hydrogen (secondary N) is 1. The van der Waals surface area contributed by atoms with Crippen LogP contribution in [0.15, 0.2) is 53.9 Å². The van der Waals surface area contributed by atoms with Crippen molar-refractivity contribution in [1.29, 1.82) is 0 Å². The lowest BCUT2D eigenvalue weighted by Gasteiger charge is -2.09. The third-order valence-electron chi connectivity index (χ3n) is 4.08. The molecule has 1 amide bonds. The summed E-state index contributed by atoms with van der Waals surface area (Å²) in [7, 11) is 0. The van der Waals surface area contributed by atoms with Gasteiger partial charge in [-0.05, 0) is 55.8 Å². The van der Waals surface area contributed by atoms with Crippen molar-refractivity contribution in [3.8, 4) is 16.9 Å². The number of benzene rings is 2. The third kappa shape index (κ3) is 4.81. The zero-order valence-corrected chi connectivity index (χ0v) is 16.8. The lowest BCUT2D eigenvalue weighted by Crippen LogP contribution is -2.14. The maximum atomic E-state index is 13.3. The quantitative estimate of drug-likeness (QED) is 0.528. The van der Waals surface area contributed by atoms with Crippen molar-refractivity contribution in [3.05, 3.63) is 70.9 Å². The molecule has 0 fully saturated rings. The minimum atomic E-state index is -0.546. The Bertz CT molecular complexity index is 997. The number of halogens is 1. The SMILES string of the molecule is CCOC(=O)c1c(-c2ccc(F)cc2)csc1NC(=O)c1ccc(OCC)cc1. The summed E-state index contributed by atoms with van der Waals surface area (Å²) in [5.41, 5.74) is 1.92. The van der Waals surface area contributed by atoms with Crippen LogP contribution in [-0.4, -0.2) is 25.1 Å². The molecule has 1 N–H and O–H groups in total. The van der Waals surface area contributed by atoms with Crippen LogP contribution in [0.4, 0.5) is 9.39 Å². The van der Waals surface area contributed by atoms with Crippen molar-refractivity contribution in [2.45, 2.75) is 13.8 Å². The maximum absolute atomic E-state index is 13.3. The number of thiophene rings is 1. The van der Waals surface area contributed by atoms with Crippen LogP contribution in [0, 0.1) is 5.82 Å². The van der Waals surface area contributed by atoms with E-state index < -0.39 is 5.97 Å². The van der Waals surface area contributed by atoms with E-state index >= 15 is 0 Å². The number of hydrogen-bond acceptors (Lipinski definition) is 5. The Morgan fingerprint density at radius 1 is 1.00 bits per heavy atom. The predicted octanol–water partition coefficient (Wildman–Crippen LogP) is 5.38. The molecule has 0 bridgehead atoms. The van der Waals surface area contributed by atoms with Crippen molar-refractivity contribution in [2.75, 3.05) is 18.5 Å². The second-order valence-electron chi connectivity index (χ2n) is 5.99. The van der Waals surface area contributed by atoms with E-state index in [0.29, 0.717) is 34.0 Å². The van der Waals surface area contributed by atoms with Gasteiger partial charge in [-0.3, -0.25) is 4.79 Å². The van der Waals surface area contributed by atoms with E-state index in [1.165, 1.54) is 23.5 Å². The van der Waals surface area contributed by atoms with E-state index in [9.17, 15) is 14.0 Å². The first kappa shape index (κ1) is 20.5. The summed E-state index contributed by atoms with van der Waals surface area (Å²) in [4.78, 5) is 25.2. The van der Waals surface area contributed by atoms with E-state index in [4.69, 9.17) is 9.47 Å². The van der Waals surface area contributed by atoms with Crippen LogP contribution >= 0.6 is 11.3 Å². The van der Waals surface area contributed by atoms with Crippen molar-refractivity contribution in [2.24, 2.45) is 0 Å². The molecule has 0 saturated carbocycles. The van der Waals surface area contributed by atoms with Gasteiger partial charge in [-0.15, -0.1) is 11.3 Å². The highest BCUT2D eigenvalue weighted by Crippen LogP contribution is 2.36. The van der Waals surface area contributed by atoms with Crippen LogP contribution < -0.4 is 10.1 Å². The van der Waals surface area contributed by atoms with E-state index in [2.05, 4.69) is 5.32 Å². The van der Waals surface area contributed by atoms with Gasteiger partial charge in [0, 0.05) is 16.5 Å². The van der Waals surface area contributed by atoms with Crippen molar-refractivity contribution in [1.82, 2.24) is 0 Å². The summed E-state index contributed by atoms with van der Waals surface area (Å²) in [6, 6.07) is 12.5. The molecule has 0 aliphatic heterocycles. The molecule has 0 unspecified atom stereocenters. The van der Waals surface area contributed by atoms with Crippen molar-refractivity contribution >= 4 is 28.2 Å². The second-order valence-corrected chi connectivity index (χ2v) is 6.87. The third-order valence-corrected chi connectivity index (χ3v) is 4.98. The molecule has 0 atom stereocenters. The van der Waals surface area contributed by atoms with Crippen LogP contribution in [0.2, 0.25) is 0 Å². The molecule has 3 aromatic rings. The number of anilines is 1. The van der Waals surface area contributed by atoms with Gasteiger partial charge in [-0.25, -0.2) is 9.18 Å². The summed E-state index contributed by atoms with van der Waals surface area (Å²) in [6.07, 6.45) is 0. The summed E-state index contributed by atoms with van der Waals surface area (Å²) in [5.74, 6) is -0.599. The van der Waals surface area contributed by atoms with Crippen LogP contribution in [0.3, 0.4) is 0 Å². The molecule has 0 saturated heterocycles. The highest BCUT2D eigenvalue weighted by Gasteiger charge is 2.23. The summed E-state index contributed by atoms with van der Waals surface area (Å²) in [6.45, 7) is 4.33. The average molecular weight is 413 g/mol. The molecule has 29 heavy (non-hydrogen) atoms. The molecule has 5 nitrogen and oxygen atoms in total. The van der Waals surface area contributed by atoms with Crippen molar-refractivity contribution < 1.29 is 23.5 Å². The lowest BCUT2D eigenvalue weighted by atomic mass is 10.0.